The average molecular weight is 383 g/mol. The molecule has 3 rings (SSSR count). The quantitative estimate of drug-likeness (QED) is 0.619. The summed E-state index contributed by atoms with van der Waals surface area (Å²) in [5, 5.41) is 0. The molecule has 1 aliphatic heterocycles. The van der Waals surface area contributed by atoms with Crippen LogP contribution in [0.15, 0.2) is 42.5 Å². The Morgan fingerprint density at radius 1 is 1.11 bits per heavy atom. The van der Waals surface area contributed by atoms with E-state index >= 15 is 0 Å². The van der Waals surface area contributed by atoms with Crippen molar-refractivity contribution >= 4 is 5.97 Å². The summed E-state index contributed by atoms with van der Waals surface area (Å²) in [6.45, 7) is 9.40. The molecule has 1 atom stereocenters. The molecule has 0 aromatic heterocycles. The van der Waals surface area contributed by atoms with Crippen LogP contribution in [0.2, 0.25) is 0 Å². The summed E-state index contributed by atoms with van der Waals surface area (Å²) in [5.74, 6) is 0.313. The van der Waals surface area contributed by atoms with Gasteiger partial charge < -0.3 is 14.2 Å². The lowest BCUT2D eigenvalue weighted by molar-refractivity contribution is -0.105. The van der Waals surface area contributed by atoms with Crippen molar-refractivity contribution < 1.29 is 19.0 Å². The molecule has 0 amide bonds. The lowest BCUT2D eigenvalue weighted by Gasteiger charge is -2.25. The predicted molar refractivity (Wildman–Crippen MR) is 111 cm³/mol. The molecule has 2 aromatic rings. The van der Waals surface area contributed by atoms with Crippen LogP contribution in [-0.2, 0) is 14.9 Å². The normalized spacial score (nSPS) is 17.2. The molecule has 0 bridgehead atoms. The fourth-order valence-electron chi connectivity index (χ4n) is 3.39. The topological polar surface area (TPSA) is 44.8 Å². The van der Waals surface area contributed by atoms with Crippen molar-refractivity contribution in [1.29, 1.82) is 0 Å². The van der Waals surface area contributed by atoms with Gasteiger partial charge in [-0.1, -0.05) is 51.1 Å². The SMILES string of the molecule is CCOC(=O)c1cccc(OC2CCCCO2)c1-c1ccc(C(C)(C)C)cc1. The second kappa shape index (κ2) is 8.78. The largest absolute Gasteiger partial charge is 0.464 e. The van der Waals surface area contributed by atoms with Crippen LogP contribution < -0.4 is 4.74 Å². The zero-order chi connectivity index (χ0) is 20.1. The third-order valence-electron chi connectivity index (χ3n) is 4.96. The number of esters is 1. The van der Waals surface area contributed by atoms with Gasteiger partial charge in [-0.25, -0.2) is 4.79 Å². The van der Waals surface area contributed by atoms with Crippen LogP contribution in [0.3, 0.4) is 0 Å². The van der Waals surface area contributed by atoms with E-state index in [2.05, 4.69) is 32.9 Å². The first kappa shape index (κ1) is 20.4. The van der Waals surface area contributed by atoms with Crippen LogP contribution in [-0.4, -0.2) is 25.5 Å². The van der Waals surface area contributed by atoms with Crippen LogP contribution in [0.1, 0.15) is 62.9 Å². The Balaban J connectivity index is 2.03. The van der Waals surface area contributed by atoms with E-state index in [1.54, 1.807) is 6.07 Å². The van der Waals surface area contributed by atoms with Crippen molar-refractivity contribution in [3.05, 3.63) is 53.6 Å². The maximum absolute atomic E-state index is 12.6. The van der Waals surface area contributed by atoms with E-state index in [9.17, 15) is 4.79 Å². The third-order valence-corrected chi connectivity index (χ3v) is 4.96. The molecular weight excluding hydrogens is 352 g/mol. The van der Waals surface area contributed by atoms with Crippen molar-refractivity contribution in [1.82, 2.24) is 0 Å². The zero-order valence-corrected chi connectivity index (χ0v) is 17.3. The van der Waals surface area contributed by atoms with Crippen molar-refractivity contribution in [3.63, 3.8) is 0 Å². The minimum absolute atomic E-state index is 0.0639. The molecular formula is C24H30O4. The Kier molecular flexibility index (Phi) is 6.40. The molecule has 2 aromatic carbocycles. The molecule has 0 saturated carbocycles. The maximum Gasteiger partial charge on any atom is 0.338 e. The van der Waals surface area contributed by atoms with Gasteiger partial charge in [0.25, 0.3) is 0 Å². The molecule has 0 N–H and O–H groups in total. The number of carbonyl (C=O) groups excluding carboxylic acids is 1. The van der Waals surface area contributed by atoms with Gasteiger partial charge in [-0.15, -0.1) is 0 Å². The number of benzene rings is 2. The molecule has 0 aliphatic carbocycles. The minimum atomic E-state index is -0.340. The zero-order valence-electron chi connectivity index (χ0n) is 17.3. The van der Waals surface area contributed by atoms with Crippen LogP contribution in [0.5, 0.6) is 5.75 Å². The van der Waals surface area contributed by atoms with Crippen LogP contribution in [0.4, 0.5) is 0 Å². The third kappa shape index (κ3) is 4.74. The van der Waals surface area contributed by atoms with E-state index < -0.39 is 0 Å². The highest BCUT2D eigenvalue weighted by atomic mass is 16.7. The number of rotatable bonds is 5. The van der Waals surface area contributed by atoms with Crippen molar-refractivity contribution in [2.75, 3.05) is 13.2 Å². The van der Waals surface area contributed by atoms with Gasteiger partial charge in [-0.2, -0.15) is 0 Å². The van der Waals surface area contributed by atoms with Gasteiger partial charge in [0, 0.05) is 12.0 Å². The van der Waals surface area contributed by atoms with Gasteiger partial charge in [0.2, 0.25) is 0 Å². The number of hydrogen-bond donors (Lipinski definition) is 0. The van der Waals surface area contributed by atoms with Crippen molar-refractivity contribution in [2.24, 2.45) is 0 Å². The maximum atomic E-state index is 12.6. The van der Waals surface area contributed by atoms with Gasteiger partial charge in [-0.3, -0.25) is 0 Å². The highest BCUT2D eigenvalue weighted by Gasteiger charge is 2.23. The summed E-state index contributed by atoms with van der Waals surface area (Å²) in [5.41, 5.74) is 3.51. The number of hydrogen-bond acceptors (Lipinski definition) is 4. The monoisotopic (exact) mass is 382 g/mol. The van der Waals surface area contributed by atoms with Crippen LogP contribution in [0.25, 0.3) is 11.1 Å². The first-order valence-corrected chi connectivity index (χ1v) is 10.1. The average Bonchev–Trinajstić information content (AvgIpc) is 2.68. The van der Waals surface area contributed by atoms with Gasteiger partial charge in [0.05, 0.1) is 18.8 Å². The molecule has 28 heavy (non-hydrogen) atoms. The Bertz CT molecular complexity index is 796. The standard InChI is InChI=1S/C24H30O4/c1-5-26-23(25)19-9-8-10-20(28-21-11-6-7-16-27-21)22(19)17-12-14-18(15-13-17)24(2,3)4/h8-10,12-15,21H,5-7,11,16H2,1-4H3. The number of ether oxygens (including phenoxy) is 3. The molecule has 1 unspecified atom stereocenters. The molecule has 150 valence electrons. The Labute approximate surface area is 167 Å². The Morgan fingerprint density at radius 2 is 1.86 bits per heavy atom. The van der Waals surface area contributed by atoms with Gasteiger partial charge >= 0.3 is 5.97 Å². The summed E-state index contributed by atoms with van der Waals surface area (Å²) in [4.78, 5) is 12.6. The fraction of sp³-hybridized carbons (Fsp3) is 0.458. The molecule has 1 saturated heterocycles. The summed E-state index contributed by atoms with van der Waals surface area (Å²) in [7, 11) is 0. The Morgan fingerprint density at radius 3 is 2.46 bits per heavy atom. The van der Waals surface area contributed by atoms with E-state index in [-0.39, 0.29) is 17.7 Å². The minimum Gasteiger partial charge on any atom is -0.464 e. The van der Waals surface area contributed by atoms with Crippen molar-refractivity contribution in [3.8, 4) is 16.9 Å². The summed E-state index contributed by atoms with van der Waals surface area (Å²) < 4.78 is 17.2. The molecule has 0 radical (unpaired) electrons. The fourth-order valence-corrected chi connectivity index (χ4v) is 3.39. The molecule has 0 spiro atoms. The number of carbonyl (C=O) groups is 1. The van der Waals surface area contributed by atoms with Gasteiger partial charge in [0.1, 0.15) is 5.75 Å². The van der Waals surface area contributed by atoms with Crippen LogP contribution in [0, 0.1) is 0 Å². The highest BCUT2D eigenvalue weighted by Crippen LogP contribution is 2.36. The van der Waals surface area contributed by atoms with Crippen LogP contribution >= 0.6 is 0 Å². The van der Waals surface area contributed by atoms with E-state index in [1.165, 1.54) is 5.56 Å². The summed E-state index contributed by atoms with van der Waals surface area (Å²) >= 11 is 0. The lowest BCUT2D eigenvalue weighted by atomic mass is 9.86. The highest BCUT2D eigenvalue weighted by molar-refractivity contribution is 5.99. The van der Waals surface area contributed by atoms with E-state index in [0.29, 0.717) is 24.5 Å². The second-order valence-electron chi connectivity index (χ2n) is 8.14. The van der Waals surface area contributed by atoms with Crippen molar-refractivity contribution in [2.45, 2.75) is 58.7 Å². The molecule has 1 fully saturated rings. The second-order valence-corrected chi connectivity index (χ2v) is 8.14. The lowest BCUT2D eigenvalue weighted by Crippen LogP contribution is -2.25. The Hall–Kier alpha value is -2.33. The molecule has 4 nitrogen and oxygen atoms in total. The molecule has 1 aliphatic rings. The predicted octanol–water partition coefficient (Wildman–Crippen LogP) is 5.73. The van der Waals surface area contributed by atoms with Gasteiger partial charge in [-0.05, 0) is 48.4 Å². The first-order chi connectivity index (χ1) is 13.4. The summed E-state index contributed by atoms with van der Waals surface area (Å²) in [6.07, 6.45) is 2.71. The molecule has 4 heteroatoms. The smallest absolute Gasteiger partial charge is 0.338 e. The van der Waals surface area contributed by atoms with Gasteiger partial charge in [0.15, 0.2) is 6.29 Å². The summed E-state index contributed by atoms with van der Waals surface area (Å²) in [6, 6.07) is 13.8. The van der Waals surface area contributed by atoms with E-state index in [4.69, 9.17) is 14.2 Å². The van der Waals surface area contributed by atoms with E-state index in [0.717, 1.165) is 30.4 Å². The molecule has 1 heterocycles. The first-order valence-electron chi connectivity index (χ1n) is 10.1. The van der Waals surface area contributed by atoms with E-state index in [1.807, 2.05) is 31.2 Å².